The van der Waals surface area contributed by atoms with Crippen molar-refractivity contribution in [3.05, 3.63) is 35.7 Å². The van der Waals surface area contributed by atoms with Gasteiger partial charge in [0.2, 0.25) is 17.7 Å². The van der Waals surface area contributed by atoms with Crippen molar-refractivity contribution >= 4 is 21.7 Å². The van der Waals surface area contributed by atoms with E-state index in [-0.39, 0.29) is 17.4 Å². The number of aryl methyl sites for hydroxylation is 1. The number of ether oxygens (including phenoxy) is 1. The average Bonchev–Trinajstić information content (AvgIpc) is 3.30. The van der Waals surface area contributed by atoms with Gasteiger partial charge in [-0.2, -0.15) is 0 Å². The number of nitrogens with zero attached hydrogens (tertiary/aromatic N) is 2. The number of rotatable bonds is 10. The van der Waals surface area contributed by atoms with Gasteiger partial charge in [0.25, 0.3) is 0 Å². The first-order valence-corrected chi connectivity index (χ1v) is 11.9. The molecular formula is C21H27N3O6S. The molecule has 9 nitrogen and oxygen atoms in total. The van der Waals surface area contributed by atoms with Crippen LogP contribution in [0.1, 0.15) is 30.7 Å². The van der Waals surface area contributed by atoms with Gasteiger partial charge >= 0.3 is 0 Å². The van der Waals surface area contributed by atoms with Crippen LogP contribution in [0.2, 0.25) is 0 Å². The predicted molar refractivity (Wildman–Crippen MR) is 114 cm³/mol. The van der Waals surface area contributed by atoms with Gasteiger partial charge in [0.05, 0.1) is 18.6 Å². The predicted octanol–water partition coefficient (Wildman–Crippen LogP) is 1.70. The summed E-state index contributed by atoms with van der Waals surface area (Å²) in [5.41, 5.74) is 0.943. The van der Waals surface area contributed by atoms with E-state index in [4.69, 9.17) is 9.15 Å². The molecule has 0 radical (unpaired) electrons. The van der Waals surface area contributed by atoms with Crippen LogP contribution in [-0.4, -0.2) is 62.6 Å². The Morgan fingerprint density at radius 2 is 2.16 bits per heavy atom. The van der Waals surface area contributed by atoms with Gasteiger partial charge in [0, 0.05) is 31.6 Å². The zero-order valence-corrected chi connectivity index (χ0v) is 18.5. The van der Waals surface area contributed by atoms with E-state index >= 15 is 0 Å². The molecule has 3 rings (SSSR count). The topological polar surface area (TPSA) is 119 Å². The molecule has 1 aliphatic heterocycles. The van der Waals surface area contributed by atoms with Crippen molar-refractivity contribution < 1.29 is 27.2 Å². The summed E-state index contributed by atoms with van der Waals surface area (Å²) < 4.78 is 35.8. The minimum Gasteiger partial charge on any atom is -0.497 e. The number of sulfone groups is 1. The van der Waals surface area contributed by atoms with Crippen LogP contribution in [0.4, 0.5) is 0 Å². The third-order valence-corrected chi connectivity index (χ3v) is 6.43. The number of likely N-dealkylation sites (tertiary alicyclic amines) is 1. The molecule has 2 amide bonds. The molecule has 1 aliphatic rings. The number of carbonyl (C=O) groups is 2. The highest BCUT2D eigenvalue weighted by molar-refractivity contribution is 7.91. The summed E-state index contributed by atoms with van der Waals surface area (Å²) >= 11 is 0. The Balaban J connectivity index is 1.52. The number of benzene rings is 1. The van der Waals surface area contributed by atoms with E-state index in [2.05, 4.69) is 10.3 Å². The van der Waals surface area contributed by atoms with Crippen LogP contribution in [0.15, 0.2) is 28.7 Å². The van der Waals surface area contributed by atoms with Gasteiger partial charge < -0.3 is 19.4 Å². The normalized spacial score (nSPS) is 14.1. The number of carbonyl (C=O) groups excluding carboxylic acids is 2. The zero-order chi connectivity index (χ0) is 22.4. The standard InChI is InChI=1S/C21H27N3O6S/c1-15-18(23-21(30-15)16-6-3-7-17(12-16)29-2)13-31(27,28)14-19(25)22-9-5-11-24-10-4-8-20(24)26/h3,6-7,12H,4-5,8-11,13-14H2,1-2H3,(H,22,25). The van der Waals surface area contributed by atoms with E-state index in [0.717, 1.165) is 13.0 Å². The molecule has 0 aliphatic carbocycles. The Morgan fingerprint density at radius 3 is 2.87 bits per heavy atom. The smallest absolute Gasteiger partial charge is 0.235 e. The van der Waals surface area contributed by atoms with E-state index in [0.29, 0.717) is 48.9 Å². The lowest BCUT2D eigenvalue weighted by atomic mass is 10.2. The van der Waals surface area contributed by atoms with Crippen LogP contribution >= 0.6 is 0 Å². The van der Waals surface area contributed by atoms with Gasteiger partial charge in [-0.3, -0.25) is 9.59 Å². The number of aromatic nitrogens is 1. The number of nitrogens with one attached hydrogen (secondary N) is 1. The molecule has 0 unspecified atom stereocenters. The lowest BCUT2D eigenvalue weighted by Crippen LogP contribution is -2.34. The first kappa shape index (κ1) is 22.8. The highest BCUT2D eigenvalue weighted by atomic mass is 32.2. The van der Waals surface area contributed by atoms with E-state index in [9.17, 15) is 18.0 Å². The third-order valence-electron chi connectivity index (χ3n) is 5.02. The van der Waals surface area contributed by atoms with Crippen LogP contribution in [0.25, 0.3) is 11.5 Å². The second-order valence-corrected chi connectivity index (χ2v) is 9.54. The van der Waals surface area contributed by atoms with Gasteiger partial charge in [0.15, 0.2) is 9.84 Å². The molecule has 1 saturated heterocycles. The minimum absolute atomic E-state index is 0.130. The summed E-state index contributed by atoms with van der Waals surface area (Å²) in [5.74, 6) is -0.140. The molecule has 31 heavy (non-hydrogen) atoms. The minimum atomic E-state index is -3.72. The number of amides is 2. The second kappa shape index (κ2) is 9.95. The quantitative estimate of drug-likeness (QED) is 0.548. The van der Waals surface area contributed by atoms with Crippen molar-refractivity contribution in [3.8, 4) is 17.2 Å². The van der Waals surface area contributed by atoms with Crippen LogP contribution in [0.5, 0.6) is 5.75 Å². The maximum atomic E-state index is 12.5. The van der Waals surface area contributed by atoms with Crippen LogP contribution in [0, 0.1) is 6.92 Å². The molecule has 0 bridgehead atoms. The number of hydrogen-bond donors (Lipinski definition) is 1. The molecule has 0 atom stereocenters. The molecule has 1 aromatic carbocycles. The van der Waals surface area contributed by atoms with Crippen molar-refractivity contribution in [3.63, 3.8) is 0 Å². The van der Waals surface area contributed by atoms with E-state index in [1.165, 1.54) is 0 Å². The van der Waals surface area contributed by atoms with E-state index in [1.54, 1.807) is 43.2 Å². The first-order chi connectivity index (χ1) is 14.8. The molecule has 0 saturated carbocycles. The Hall–Kier alpha value is -2.88. The Kier molecular flexibility index (Phi) is 7.32. The van der Waals surface area contributed by atoms with Crippen LogP contribution in [0.3, 0.4) is 0 Å². The largest absolute Gasteiger partial charge is 0.497 e. The summed E-state index contributed by atoms with van der Waals surface area (Å²) in [5, 5.41) is 2.61. The lowest BCUT2D eigenvalue weighted by molar-refractivity contribution is -0.127. The van der Waals surface area contributed by atoms with Gasteiger partial charge in [-0.25, -0.2) is 13.4 Å². The fourth-order valence-corrected chi connectivity index (χ4v) is 4.68. The highest BCUT2D eigenvalue weighted by Crippen LogP contribution is 2.26. The molecular weight excluding hydrogens is 422 g/mol. The molecule has 168 valence electrons. The molecule has 0 spiro atoms. The number of hydrogen-bond acceptors (Lipinski definition) is 7. The maximum absolute atomic E-state index is 12.5. The third kappa shape index (κ3) is 6.30. The monoisotopic (exact) mass is 449 g/mol. The number of oxazole rings is 1. The summed E-state index contributed by atoms with van der Waals surface area (Å²) in [6.07, 6.45) is 2.03. The fourth-order valence-electron chi connectivity index (χ4n) is 3.39. The Bertz CT molecular complexity index is 1050. The lowest BCUT2D eigenvalue weighted by Gasteiger charge is -2.15. The van der Waals surface area contributed by atoms with Crippen LogP contribution in [-0.2, 0) is 25.2 Å². The van der Waals surface area contributed by atoms with E-state index < -0.39 is 21.5 Å². The van der Waals surface area contributed by atoms with Crippen molar-refractivity contribution in [1.29, 1.82) is 0 Å². The Labute approximate surface area is 181 Å². The summed E-state index contributed by atoms with van der Waals surface area (Å²) in [7, 11) is -2.17. The van der Waals surface area contributed by atoms with Crippen molar-refractivity contribution in [2.24, 2.45) is 0 Å². The maximum Gasteiger partial charge on any atom is 0.235 e. The number of methoxy groups -OCH3 is 1. The Morgan fingerprint density at radius 1 is 1.35 bits per heavy atom. The van der Waals surface area contributed by atoms with Crippen LogP contribution < -0.4 is 10.1 Å². The van der Waals surface area contributed by atoms with Gasteiger partial charge in [-0.1, -0.05) is 6.07 Å². The van der Waals surface area contributed by atoms with Gasteiger partial charge in [0.1, 0.15) is 17.3 Å². The molecule has 10 heteroatoms. The zero-order valence-electron chi connectivity index (χ0n) is 17.7. The molecule has 2 heterocycles. The van der Waals surface area contributed by atoms with E-state index in [1.807, 2.05) is 0 Å². The van der Waals surface area contributed by atoms with Gasteiger partial charge in [-0.05, 0) is 38.0 Å². The molecule has 1 fully saturated rings. The average molecular weight is 450 g/mol. The molecule has 1 aromatic heterocycles. The molecule has 1 N–H and O–H groups in total. The first-order valence-electron chi connectivity index (χ1n) is 10.1. The molecule has 2 aromatic rings. The van der Waals surface area contributed by atoms with Gasteiger partial charge in [-0.15, -0.1) is 0 Å². The summed E-state index contributed by atoms with van der Waals surface area (Å²) in [6.45, 7) is 3.27. The van der Waals surface area contributed by atoms with Crippen molar-refractivity contribution in [1.82, 2.24) is 15.2 Å². The van der Waals surface area contributed by atoms with Crippen molar-refractivity contribution in [2.75, 3.05) is 32.5 Å². The fraction of sp³-hybridized carbons (Fsp3) is 0.476. The SMILES string of the molecule is COc1cccc(-c2nc(CS(=O)(=O)CC(=O)NCCCN3CCCC3=O)c(C)o2)c1. The summed E-state index contributed by atoms with van der Waals surface area (Å²) in [4.78, 5) is 29.7. The highest BCUT2D eigenvalue weighted by Gasteiger charge is 2.23. The van der Waals surface area contributed by atoms with Crippen molar-refractivity contribution in [2.45, 2.75) is 31.9 Å². The second-order valence-electron chi connectivity index (χ2n) is 7.47. The summed E-state index contributed by atoms with van der Waals surface area (Å²) in [6, 6.07) is 7.10.